The van der Waals surface area contributed by atoms with E-state index < -0.39 is 0 Å². The Morgan fingerprint density at radius 3 is 2.55 bits per heavy atom. The number of fused-ring (bicyclic) bond motifs is 2. The van der Waals surface area contributed by atoms with Crippen LogP contribution < -0.4 is 10.5 Å². The van der Waals surface area contributed by atoms with E-state index in [1.807, 2.05) is 24.3 Å². The Hall–Kier alpha value is -3.93. The maximum absolute atomic E-state index is 6.13. The summed E-state index contributed by atoms with van der Waals surface area (Å²) in [5, 5.41) is 10.5. The average molecular weight is 409 g/mol. The molecular weight excluding hydrogens is 386 g/mol. The van der Waals surface area contributed by atoms with Gasteiger partial charge in [-0.05, 0) is 34.0 Å². The van der Waals surface area contributed by atoms with Crippen molar-refractivity contribution in [2.75, 3.05) is 5.73 Å². The normalized spacial score (nSPS) is 11.8. The van der Waals surface area contributed by atoms with Gasteiger partial charge in [-0.2, -0.15) is 5.10 Å². The first-order valence-electron chi connectivity index (χ1n) is 10.2. The Morgan fingerprint density at radius 1 is 0.935 bits per heavy atom. The number of hydrogen-bond donors (Lipinski definition) is 2. The van der Waals surface area contributed by atoms with Gasteiger partial charge in [-0.25, -0.2) is 9.97 Å². The third kappa shape index (κ3) is 3.46. The highest BCUT2D eigenvalue weighted by Crippen LogP contribution is 2.37. The van der Waals surface area contributed by atoms with Gasteiger partial charge in [-0.1, -0.05) is 68.4 Å². The van der Waals surface area contributed by atoms with Crippen molar-refractivity contribution in [1.29, 1.82) is 0 Å². The van der Waals surface area contributed by atoms with E-state index in [9.17, 15) is 0 Å². The summed E-state index contributed by atoms with van der Waals surface area (Å²) in [6.07, 6.45) is 1.44. The number of rotatable bonds is 5. The van der Waals surface area contributed by atoms with Gasteiger partial charge in [0.2, 0.25) is 0 Å². The first kappa shape index (κ1) is 19.1. The Bertz CT molecular complexity index is 1380. The number of anilines is 1. The van der Waals surface area contributed by atoms with Gasteiger partial charge in [0.05, 0.1) is 11.1 Å². The zero-order valence-electron chi connectivity index (χ0n) is 17.5. The molecule has 0 unspecified atom stereocenters. The Morgan fingerprint density at radius 2 is 1.71 bits per heavy atom. The van der Waals surface area contributed by atoms with Crippen LogP contribution in [0.4, 0.5) is 5.82 Å². The van der Waals surface area contributed by atoms with Gasteiger partial charge in [0.25, 0.3) is 0 Å². The topological polar surface area (TPSA) is 89.7 Å². The Kier molecular flexibility index (Phi) is 4.55. The number of benzene rings is 3. The summed E-state index contributed by atoms with van der Waals surface area (Å²) >= 11 is 0. The maximum atomic E-state index is 6.13. The lowest BCUT2D eigenvalue weighted by molar-refractivity contribution is 0.306. The number of nitrogens with two attached hydrogens (primary N) is 1. The molecule has 0 spiro atoms. The number of ether oxygens (including phenoxy) is 1. The van der Waals surface area contributed by atoms with Gasteiger partial charge >= 0.3 is 0 Å². The van der Waals surface area contributed by atoms with Crippen LogP contribution in [0.2, 0.25) is 0 Å². The maximum Gasteiger partial charge on any atom is 0.161 e. The minimum atomic E-state index is -0.381. The Balaban J connectivity index is 1.46. The zero-order valence-corrected chi connectivity index (χ0v) is 17.5. The summed E-state index contributed by atoms with van der Waals surface area (Å²) < 4.78 is 5.98. The van der Waals surface area contributed by atoms with Crippen LogP contribution >= 0.6 is 0 Å². The monoisotopic (exact) mass is 409 g/mol. The molecule has 0 radical (unpaired) electrons. The molecule has 0 atom stereocenters. The van der Waals surface area contributed by atoms with E-state index in [-0.39, 0.29) is 5.41 Å². The molecule has 5 aromatic rings. The van der Waals surface area contributed by atoms with E-state index >= 15 is 0 Å². The molecule has 6 nitrogen and oxygen atoms in total. The fourth-order valence-electron chi connectivity index (χ4n) is 3.91. The molecule has 0 amide bonds. The SMILES string of the molecule is CC(C)(c1ccc2cc(OCc3ccccc3)ccc2c1)c1n[nH]c2ncnc(N)c12. The van der Waals surface area contributed by atoms with Crippen LogP contribution in [0.15, 0.2) is 73.1 Å². The second-order valence-electron chi connectivity index (χ2n) is 8.18. The van der Waals surface area contributed by atoms with Crippen molar-refractivity contribution in [3.05, 3.63) is 89.9 Å². The molecule has 0 aliphatic rings. The van der Waals surface area contributed by atoms with Crippen LogP contribution in [0, 0.1) is 0 Å². The predicted octanol–water partition coefficient (Wildman–Crippen LogP) is 4.99. The molecule has 2 heterocycles. The van der Waals surface area contributed by atoms with Crippen molar-refractivity contribution < 1.29 is 4.74 Å². The molecule has 0 aliphatic carbocycles. The highest BCUT2D eigenvalue weighted by Gasteiger charge is 2.30. The predicted molar refractivity (Wildman–Crippen MR) is 123 cm³/mol. The van der Waals surface area contributed by atoms with Crippen LogP contribution in [0.3, 0.4) is 0 Å². The zero-order chi connectivity index (χ0) is 21.4. The van der Waals surface area contributed by atoms with Crippen molar-refractivity contribution in [3.63, 3.8) is 0 Å². The van der Waals surface area contributed by atoms with E-state index in [4.69, 9.17) is 10.5 Å². The molecule has 3 N–H and O–H groups in total. The van der Waals surface area contributed by atoms with Crippen LogP contribution in [-0.4, -0.2) is 20.2 Å². The van der Waals surface area contributed by atoms with Crippen molar-refractivity contribution >= 4 is 27.6 Å². The Labute approximate surface area is 180 Å². The standard InChI is InChI=1S/C25H23N5O/c1-25(2,22-21-23(26)27-15-28-24(21)30-29-22)19-10-8-18-13-20(11-9-17(18)12-19)31-14-16-6-4-3-5-7-16/h3-13,15H,14H2,1-2H3,(H3,26,27,28,29,30). The first-order chi connectivity index (χ1) is 15.0. The number of H-pyrrole nitrogens is 1. The molecule has 0 bridgehead atoms. The fourth-order valence-corrected chi connectivity index (χ4v) is 3.91. The van der Waals surface area contributed by atoms with Crippen molar-refractivity contribution in [2.24, 2.45) is 0 Å². The molecule has 0 saturated carbocycles. The van der Waals surface area contributed by atoms with Crippen molar-refractivity contribution in [2.45, 2.75) is 25.9 Å². The van der Waals surface area contributed by atoms with Crippen LogP contribution in [0.5, 0.6) is 5.75 Å². The molecule has 2 aromatic heterocycles. The number of aromatic amines is 1. The summed E-state index contributed by atoms with van der Waals surface area (Å²) in [7, 11) is 0. The van der Waals surface area contributed by atoms with E-state index in [0.717, 1.165) is 38.7 Å². The summed E-state index contributed by atoms with van der Waals surface area (Å²) in [5.74, 6) is 1.29. The second kappa shape index (κ2) is 7.40. The second-order valence-corrected chi connectivity index (χ2v) is 8.18. The van der Waals surface area contributed by atoms with Crippen molar-refractivity contribution in [3.8, 4) is 5.75 Å². The third-order valence-corrected chi connectivity index (χ3v) is 5.76. The van der Waals surface area contributed by atoms with Gasteiger partial charge in [-0.3, -0.25) is 5.10 Å². The highest BCUT2D eigenvalue weighted by molar-refractivity contribution is 5.90. The minimum absolute atomic E-state index is 0.381. The van der Waals surface area contributed by atoms with Crippen molar-refractivity contribution in [1.82, 2.24) is 20.2 Å². The van der Waals surface area contributed by atoms with E-state index in [1.165, 1.54) is 6.33 Å². The highest BCUT2D eigenvalue weighted by atomic mass is 16.5. The molecule has 154 valence electrons. The summed E-state index contributed by atoms with van der Waals surface area (Å²) in [4.78, 5) is 8.38. The lowest BCUT2D eigenvalue weighted by atomic mass is 9.79. The molecular formula is C25H23N5O. The molecule has 0 aliphatic heterocycles. The first-order valence-corrected chi connectivity index (χ1v) is 10.2. The van der Waals surface area contributed by atoms with Crippen LogP contribution in [0.25, 0.3) is 21.8 Å². The lowest BCUT2D eigenvalue weighted by Gasteiger charge is -2.24. The van der Waals surface area contributed by atoms with Gasteiger partial charge in [0, 0.05) is 5.41 Å². The number of hydrogen-bond acceptors (Lipinski definition) is 5. The summed E-state index contributed by atoms with van der Waals surface area (Å²) in [6, 6.07) is 22.8. The third-order valence-electron chi connectivity index (χ3n) is 5.76. The number of nitrogens with one attached hydrogen (secondary N) is 1. The quantitative estimate of drug-likeness (QED) is 0.427. The van der Waals surface area contributed by atoms with E-state index in [0.29, 0.717) is 18.1 Å². The largest absolute Gasteiger partial charge is 0.489 e. The van der Waals surface area contributed by atoms with E-state index in [1.54, 1.807) is 0 Å². The van der Waals surface area contributed by atoms with Gasteiger partial charge < -0.3 is 10.5 Å². The minimum Gasteiger partial charge on any atom is -0.489 e. The fraction of sp³-hybridized carbons (Fsp3) is 0.160. The molecule has 0 saturated heterocycles. The molecule has 3 aromatic carbocycles. The van der Waals surface area contributed by atoms with Gasteiger partial charge in [0.15, 0.2) is 5.65 Å². The summed E-state index contributed by atoms with van der Waals surface area (Å²) in [6.45, 7) is 4.81. The van der Waals surface area contributed by atoms with E-state index in [2.05, 4.69) is 76.5 Å². The molecule has 5 rings (SSSR count). The number of nitrogen functional groups attached to an aromatic ring is 1. The lowest BCUT2D eigenvalue weighted by Crippen LogP contribution is -2.20. The molecule has 6 heteroatoms. The van der Waals surface area contributed by atoms with Crippen LogP contribution in [-0.2, 0) is 12.0 Å². The average Bonchev–Trinajstić information content (AvgIpc) is 3.24. The smallest absolute Gasteiger partial charge is 0.161 e. The van der Waals surface area contributed by atoms with Gasteiger partial charge in [0.1, 0.15) is 24.5 Å². The molecule has 31 heavy (non-hydrogen) atoms. The molecule has 0 fully saturated rings. The van der Waals surface area contributed by atoms with Gasteiger partial charge in [-0.15, -0.1) is 0 Å². The number of aromatic nitrogens is 4. The van der Waals surface area contributed by atoms with Crippen LogP contribution in [0.1, 0.15) is 30.7 Å². The summed E-state index contributed by atoms with van der Waals surface area (Å²) in [5.41, 5.74) is 9.51. The number of nitrogens with zero attached hydrogens (tertiary/aromatic N) is 3.